The summed E-state index contributed by atoms with van der Waals surface area (Å²) in [7, 11) is 0. The Kier molecular flexibility index (Phi) is 7.13. The fourth-order valence-corrected chi connectivity index (χ4v) is 2.40. The van der Waals surface area contributed by atoms with E-state index in [0.29, 0.717) is 19.3 Å². The number of hydrogen-bond acceptors (Lipinski definition) is 4. The van der Waals surface area contributed by atoms with E-state index in [9.17, 15) is 19.8 Å². The fourth-order valence-electron chi connectivity index (χ4n) is 1.67. The van der Waals surface area contributed by atoms with Crippen LogP contribution < -0.4 is 0 Å². The molecule has 0 aromatic rings. The number of rotatable bonds is 9. The topological polar surface area (TPSA) is 115 Å². The number of carbonyl (C=O) groups is 2. The Labute approximate surface area is 134 Å². The molecule has 0 aliphatic rings. The molecule has 0 aliphatic heterocycles. The molecule has 2 atom stereocenters. The first kappa shape index (κ1) is 19.8. The van der Waals surface area contributed by atoms with Crippen molar-refractivity contribution in [3.05, 3.63) is 0 Å². The van der Waals surface area contributed by atoms with Crippen LogP contribution in [0.4, 0.5) is 0 Å². The van der Waals surface area contributed by atoms with Crippen molar-refractivity contribution in [1.82, 2.24) is 0 Å². The maximum absolute atomic E-state index is 10.9. The van der Waals surface area contributed by atoms with Gasteiger partial charge in [-0.25, -0.2) is 0 Å². The summed E-state index contributed by atoms with van der Waals surface area (Å²) >= 11 is 6.02. The Morgan fingerprint density at radius 3 is 1.70 bits per heavy atom. The molecule has 8 heteroatoms. The lowest BCUT2D eigenvalue weighted by atomic mass is 9.95. The first-order valence-electron chi connectivity index (χ1n) is 6.09. The van der Waals surface area contributed by atoms with E-state index in [1.54, 1.807) is 0 Å². The van der Waals surface area contributed by atoms with Gasteiger partial charge in [0.05, 0.1) is 0 Å². The molecular formula is C12H20Br2O6. The number of carboxylic acid groups (broad SMARTS) is 2. The van der Waals surface area contributed by atoms with E-state index in [0.717, 1.165) is 0 Å². The predicted molar refractivity (Wildman–Crippen MR) is 80.2 cm³/mol. The molecule has 4 N–H and O–H groups in total. The van der Waals surface area contributed by atoms with Crippen LogP contribution in [0.15, 0.2) is 0 Å². The third kappa shape index (κ3) is 7.01. The normalized spacial score (nSPS) is 18.1. The van der Waals surface area contributed by atoms with Gasteiger partial charge in [-0.1, -0.05) is 38.3 Å². The van der Waals surface area contributed by atoms with Gasteiger partial charge in [0.15, 0.2) is 5.79 Å². The standard InChI is InChI=1S/C12H20Br2O6/c1-10(13,8(15)16)5-3-4-6-12(19,20)7-11(2,14)9(17)18/h19-20H,3-7H2,1-2H3,(H,15,16)(H,17,18). The molecule has 6 nitrogen and oxygen atoms in total. The summed E-state index contributed by atoms with van der Waals surface area (Å²) in [4.78, 5) is 21.8. The summed E-state index contributed by atoms with van der Waals surface area (Å²) in [6.45, 7) is 2.87. The van der Waals surface area contributed by atoms with Crippen LogP contribution in [0.3, 0.4) is 0 Å². The molecule has 0 saturated carbocycles. The van der Waals surface area contributed by atoms with E-state index in [4.69, 9.17) is 10.2 Å². The van der Waals surface area contributed by atoms with Crippen molar-refractivity contribution in [3.8, 4) is 0 Å². The van der Waals surface area contributed by atoms with E-state index < -0.39 is 26.4 Å². The van der Waals surface area contributed by atoms with Crippen LogP contribution in [-0.2, 0) is 9.59 Å². The summed E-state index contributed by atoms with van der Waals surface area (Å²) in [5.74, 6) is -4.26. The number of aliphatic carboxylic acids is 2. The zero-order valence-corrected chi connectivity index (χ0v) is 14.6. The van der Waals surface area contributed by atoms with Gasteiger partial charge in [-0.15, -0.1) is 0 Å². The molecule has 0 aromatic carbocycles. The van der Waals surface area contributed by atoms with Crippen LogP contribution in [0.5, 0.6) is 0 Å². The lowest BCUT2D eigenvalue weighted by Gasteiger charge is -2.28. The molecule has 20 heavy (non-hydrogen) atoms. The van der Waals surface area contributed by atoms with Crippen molar-refractivity contribution in [3.63, 3.8) is 0 Å². The van der Waals surface area contributed by atoms with E-state index in [1.807, 2.05) is 0 Å². The Morgan fingerprint density at radius 1 is 0.900 bits per heavy atom. The van der Waals surface area contributed by atoms with E-state index in [1.165, 1.54) is 13.8 Å². The highest BCUT2D eigenvalue weighted by Gasteiger charge is 2.39. The van der Waals surface area contributed by atoms with Crippen molar-refractivity contribution >= 4 is 43.8 Å². The molecule has 0 aromatic heterocycles. The van der Waals surface area contributed by atoms with Gasteiger partial charge in [-0.2, -0.15) is 0 Å². The fraction of sp³-hybridized carbons (Fsp3) is 0.833. The third-order valence-corrected chi connectivity index (χ3v) is 4.34. The molecule has 0 radical (unpaired) electrons. The van der Waals surface area contributed by atoms with Gasteiger partial charge in [0.2, 0.25) is 0 Å². The average Bonchev–Trinajstić information content (AvgIpc) is 2.22. The predicted octanol–water partition coefficient (Wildman–Crippen LogP) is 2.09. The summed E-state index contributed by atoms with van der Waals surface area (Å²) in [6.07, 6.45) is 0.806. The number of alkyl halides is 2. The molecule has 0 spiro atoms. The van der Waals surface area contributed by atoms with Crippen LogP contribution >= 0.6 is 31.9 Å². The molecule has 118 valence electrons. The highest BCUT2D eigenvalue weighted by atomic mass is 79.9. The molecular weight excluding hydrogens is 400 g/mol. The van der Waals surface area contributed by atoms with Crippen LogP contribution in [0, 0.1) is 0 Å². The minimum Gasteiger partial charge on any atom is -0.480 e. The maximum atomic E-state index is 10.9. The molecule has 0 amide bonds. The van der Waals surface area contributed by atoms with Gasteiger partial charge in [0.1, 0.15) is 8.65 Å². The second kappa shape index (κ2) is 7.20. The van der Waals surface area contributed by atoms with Crippen LogP contribution in [0.2, 0.25) is 0 Å². The number of aliphatic hydroxyl groups is 2. The lowest BCUT2D eigenvalue weighted by Crippen LogP contribution is -2.40. The molecule has 0 heterocycles. The second-order valence-corrected chi connectivity index (χ2v) is 8.87. The maximum Gasteiger partial charge on any atom is 0.320 e. The quantitative estimate of drug-likeness (QED) is 0.258. The molecule has 0 fully saturated rings. The second-order valence-electron chi connectivity index (χ2n) is 5.37. The smallest absolute Gasteiger partial charge is 0.320 e. The van der Waals surface area contributed by atoms with Gasteiger partial charge in [-0.05, 0) is 26.7 Å². The first-order valence-corrected chi connectivity index (χ1v) is 7.68. The first-order chi connectivity index (χ1) is 8.80. The minimum absolute atomic E-state index is 0.0236. The van der Waals surface area contributed by atoms with Crippen molar-refractivity contribution in [2.24, 2.45) is 0 Å². The van der Waals surface area contributed by atoms with E-state index in [-0.39, 0.29) is 12.8 Å². The van der Waals surface area contributed by atoms with Gasteiger partial charge in [-0.3, -0.25) is 9.59 Å². The molecule has 2 unspecified atom stereocenters. The summed E-state index contributed by atoms with van der Waals surface area (Å²) in [5, 5.41) is 37.3. The summed E-state index contributed by atoms with van der Waals surface area (Å²) in [5.41, 5.74) is 0. The van der Waals surface area contributed by atoms with Crippen molar-refractivity contribution in [2.45, 2.75) is 60.4 Å². The van der Waals surface area contributed by atoms with Crippen LogP contribution in [-0.4, -0.2) is 46.8 Å². The zero-order chi connectivity index (χ0) is 16.2. The van der Waals surface area contributed by atoms with Gasteiger partial charge < -0.3 is 20.4 Å². The highest BCUT2D eigenvalue weighted by molar-refractivity contribution is 9.10. The molecule has 0 saturated heterocycles. The van der Waals surface area contributed by atoms with Crippen LogP contribution in [0.1, 0.15) is 46.0 Å². The Bertz CT molecular complexity index is 365. The van der Waals surface area contributed by atoms with Crippen LogP contribution in [0.25, 0.3) is 0 Å². The Hall–Kier alpha value is -0.180. The van der Waals surface area contributed by atoms with Gasteiger partial charge in [0, 0.05) is 12.8 Å². The van der Waals surface area contributed by atoms with Crippen molar-refractivity contribution in [2.75, 3.05) is 0 Å². The third-order valence-electron chi connectivity index (χ3n) is 2.98. The Morgan fingerprint density at radius 2 is 1.30 bits per heavy atom. The number of halogens is 2. The van der Waals surface area contributed by atoms with E-state index in [2.05, 4.69) is 31.9 Å². The monoisotopic (exact) mass is 418 g/mol. The summed E-state index contributed by atoms with van der Waals surface area (Å²) < 4.78 is -2.45. The average molecular weight is 420 g/mol. The Balaban J connectivity index is 4.25. The van der Waals surface area contributed by atoms with Crippen molar-refractivity contribution in [1.29, 1.82) is 0 Å². The highest BCUT2D eigenvalue weighted by Crippen LogP contribution is 2.31. The molecule has 0 bridgehead atoms. The van der Waals surface area contributed by atoms with Gasteiger partial charge >= 0.3 is 11.9 Å². The van der Waals surface area contributed by atoms with Gasteiger partial charge in [0.25, 0.3) is 0 Å². The largest absolute Gasteiger partial charge is 0.480 e. The SMILES string of the molecule is CC(Br)(CCCCC(O)(O)CC(C)(Br)C(=O)O)C(=O)O. The minimum atomic E-state index is -2.11. The molecule has 0 aliphatic carbocycles. The number of hydrogen-bond donors (Lipinski definition) is 4. The molecule has 0 rings (SSSR count). The summed E-state index contributed by atoms with van der Waals surface area (Å²) in [6, 6.07) is 0. The number of carboxylic acids is 2. The number of unbranched alkanes of at least 4 members (excludes halogenated alkanes) is 1. The lowest BCUT2D eigenvalue weighted by molar-refractivity contribution is -0.180. The van der Waals surface area contributed by atoms with E-state index >= 15 is 0 Å². The zero-order valence-electron chi connectivity index (χ0n) is 11.4. The van der Waals surface area contributed by atoms with Crippen molar-refractivity contribution < 1.29 is 30.0 Å².